The molecular weight excluding hydrogens is 332 g/mol. The number of nitrogens with zero attached hydrogens (tertiary/aromatic N) is 4. The van der Waals surface area contributed by atoms with E-state index >= 15 is 0 Å². The van der Waals surface area contributed by atoms with Gasteiger partial charge >= 0.3 is 0 Å². The molecule has 3 rings (SSSR count). The molecule has 8 heteroatoms. The van der Waals surface area contributed by atoms with Crippen LogP contribution in [0.3, 0.4) is 0 Å². The van der Waals surface area contributed by atoms with E-state index in [1.165, 1.54) is 0 Å². The number of pyridine rings is 1. The maximum absolute atomic E-state index is 6.23. The fourth-order valence-corrected chi connectivity index (χ4v) is 3.37. The van der Waals surface area contributed by atoms with Crippen LogP contribution in [0.25, 0.3) is 0 Å². The van der Waals surface area contributed by atoms with Crippen molar-refractivity contribution in [2.45, 2.75) is 19.0 Å². The summed E-state index contributed by atoms with van der Waals surface area (Å²) in [6, 6.07) is 4.04. The minimum atomic E-state index is 0.315. The maximum Gasteiger partial charge on any atom is 0.191 e. The summed E-state index contributed by atoms with van der Waals surface area (Å²) in [5.41, 5.74) is 0. The van der Waals surface area contributed by atoms with Gasteiger partial charge in [-0.2, -0.15) is 0 Å². The Morgan fingerprint density at radius 2 is 2.39 bits per heavy atom. The van der Waals surface area contributed by atoms with Crippen LogP contribution in [0.4, 0.5) is 5.82 Å². The highest BCUT2D eigenvalue weighted by atomic mass is 35.5. The van der Waals surface area contributed by atoms with E-state index in [9.17, 15) is 0 Å². The summed E-state index contributed by atoms with van der Waals surface area (Å²) in [5, 5.41) is 10.4. The highest BCUT2D eigenvalue weighted by Gasteiger charge is 2.25. The van der Waals surface area contributed by atoms with Gasteiger partial charge in [0.1, 0.15) is 10.8 Å². The van der Waals surface area contributed by atoms with Crippen molar-refractivity contribution in [3.63, 3.8) is 0 Å². The fourth-order valence-electron chi connectivity index (χ4n) is 2.57. The third-order valence-electron chi connectivity index (χ3n) is 3.68. The molecule has 2 N–H and O–H groups in total. The number of hydrogen-bond acceptors (Lipinski definition) is 5. The van der Waals surface area contributed by atoms with Gasteiger partial charge in [0.2, 0.25) is 0 Å². The molecule has 0 spiro atoms. The van der Waals surface area contributed by atoms with Crippen LogP contribution in [0.15, 0.2) is 34.9 Å². The fraction of sp³-hybridized carbons (Fsp3) is 0.400. The van der Waals surface area contributed by atoms with E-state index < -0.39 is 0 Å². The number of rotatable bonds is 4. The molecule has 1 atom stereocenters. The molecule has 1 aliphatic heterocycles. The zero-order chi connectivity index (χ0) is 16.1. The van der Waals surface area contributed by atoms with Crippen molar-refractivity contribution in [2.24, 2.45) is 4.99 Å². The van der Waals surface area contributed by atoms with Crippen LogP contribution in [-0.4, -0.2) is 42.1 Å². The minimum absolute atomic E-state index is 0.315. The topological polar surface area (TPSA) is 65.4 Å². The van der Waals surface area contributed by atoms with Gasteiger partial charge in [0.15, 0.2) is 5.96 Å². The first-order chi connectivity index (χ1) is 11.3. The summed E-state index contributed by atoms with van der Waals surface area (Å²) in [5.74, 6) is 1.64. The molecule has 0 bridgehead atoms. The molecule has 122 valence electrons. The molecule has 23 heavy (non-hydrogen) atoms. The lowest BCUT2D eigenvalue weighted by atomic mass is 10.3. The molecule has 1 fully saturated rings. The van der Waals surface area contributed by atoms with Crippen molar-refractivity contribution >= 4 is 34.7 Å². The van der Waals surface area contributed by atoms with Crippen molar-refractivity contribution in [1.82, 2.24) is 20.6 Å². The van der Waals surface area contributed by atoms with E-state index in [1.807, 2.05) is 23.7 Å². The Bertz CT molecular complexity index is 660. The molecule has 2 aromatic heterocycles. The number of hydrogen-bond donors (Lipinski definition) is 2. The Morgan fingerprint density at radius 1 is 1.48 bits per heavy atom. The first-order valence-corrected chi connectivity index (χ1v) is 8.73. The van der Waals surface area contributed by atoms with Gasteiger partial charge in [-0.15, -0.1) is 11.3 Å². The van der Waals surface area contributed by atoms with Crippen LogP contribution in [-0.2, 0) is 6.54 Å². The molecule has 0 radical (unpaired) electrons. The Morgan fingerprint density at radius 3 is 3.13 bits per heavy atom. The summed E-state index contributed by atoms with van der Waals surface area (Å²) < 4.78 is 0. The SMILES string of the molecule is CN=C(NCc1nccs1)NC1CCN(c2ncccc2Cl)C1. The first-order valence-electron chi connectivity index (χ1n) is 7.47. The number of thiazole rings is 1. The third kappa shape index (κ3) is 4.11. The van der Waals surface area contributed by atoms with Gasteiger partial charge < -0.3 is 15.5 Å². The normalized spacial score (nSPS) is 18.3. The van der Waals surface area contributed by atoms with Crippen LogP contribution in [0, 0.1) is 0 Å². The number of guanidine groups is 1. The lowest BCUT2D eigenvalue weighted by molar-refractivity contribution is 0.648. The van der Waals surface area contributed by atoms with E-state index in [1.54, 1.807) is 24.6 Å². The average Bonchev–Trinajstić information content (AvgIpc) is 3.23. The molecule has 0 saturated carbocycles. The maximum atomic E-state index is 6.23. The van der Waals surface area contributed by atoms with Gasteiger partial charge in [0.25, 0.3) is 0 Å². The largest absolute Gasteiger partial charge is 0.353 e. The zero-order valence-corrected chi connectivity index (χ0v) is 14.4. The number of anilines is 1. The molecular formula is C15H19ClN6S. The molecule has 0 aliphatic carbocycles. The summed E-state index contributed by atoms with van der Waals surface area (Å²) in [6.45, 7) is 2.46. The predicted octanol–water partition coefficient (Wildman–Crippen LogP) is 2.14. The van der Waals surface area contributed by atoms with Crippen LogP contribution in [0.2, 0.25) is 5.02 Å². The lowest BCUT2D eigenvalue weighted by Crippen LogP contribution is -2.44. The first kappa shape index (κ1) is 16.0. The number of nitrogens with one attached hydrogen (secondary N) is 2. The second-order valence-electron chi connectivity index (χ2n) is 5.24. The van der Waals surface area contributed by atoms with Gasteiger partial charge in [-0.05, 0) is 18.6 Å². The van der Waals surface area contributed by atoms with E-state index in [0.29, 0.717) is 17.6 Å². The number of aromatic nitrogens is 2. The lowest BCUT2D eigenvalue weighted by Gasteiger charge is -2.20. The molecule has 2 aromatic rings. The Kier molecular flexibility index (Phi) is 5.30. The number of halogens is 1. The second kappa shape index (κ2) is 7.61. The third-order valence-corrected chi connectivity index (χ3v) is 4.76. The highest BCUT2D eigenvalue weighted by Crippen LogP contribution is 2.25. The summed E-state index contributed by atoms with van der Waals surface area (Å²) in [7, 11) is 1.78. The van der Waals surface area contributed by atoms with Gasteiger partial charge in [0, 0.05) is 44.0 Å². The van der Waals surface area contributed by atoms with Crippen LogP contribution in [0.1, 0.15) is 11.4 Å². The minimum Gasteiger partial charge on any atom is -0.353 e. The number of aliphatic imine (C=N–C) groups is 1. The predicted molar refractivity (Wildman–Crippen MR) is 95.3 cm³/mol. The highest BCUT2D eigenvalue weighted by molar-refractivity contribution is 7.09. The second-order valence-corrected chi connectivity index (χ2v) is 6.62. The molecule has 0 aromatic carbocycles. The molecule has 6 nitrogen and oxygen atoms in total. The van der Waals surface area contributed by atoms with E-state index in [2.05, 4.69) is 30.5 Å². The van der Waals surface area contributed by atoms with Gasteiger partial charge in [-0.3, -0.25) is 4.99 Å². The Hall–Kier alpha value is -1.86. The summed E-state index contributed by atoms with van der Waals surface area (Å²) in [4.78, 5) is 15.1. The van der Waals surface area contributed by atoms with Crippen molar-refractivity contribution in [3.8, 4) is 0 Å². The quantitative estimate of drug-likeness (QED) is 0.653. The van der Waals surface area contributed by atoms with Crippen molar-refractivity contribution in [3.05, 3.63) is 39.9 Å². The Labute approximate surface area is 144 Å². The smallest absolute Gasteiger partial charge is 0.191 e. The van der Waals surface area contributed by atoms with Gasteiger partial charge in [-0.1, -0.05) is 11.6 Å². The van der Waals surface area contributed by atoms with Crippen molar-refractivity contribution < 1.29 is 0 Å². The van der Waals surface area contributed by atoms with E-state index in [4.69, 9.17) is 11.6 Å². The van der Waals surface area contributed by atoms with Crippen LogP contribution < -0.4 is 15.5 Å². The van der Waals surface area contributed by atoms with Crippen LogP contribution >= 0.6 is 22.9 Å². The monoisotopic (exact) mass is 350 g/mol. The van der Waals surface area contributed by atoms with Gasteiger partial charge in [0.05, 0.1) is 11.6 Å². The van der Waals surface area contributed by atoms with E-state index in [0.717, 1.165) is 36.3 Å². The van der Waals surface area contributed by atoms with Gasteiger partial charge in [-0.25, -0.2) is 9.97 Å². The zero-order valence-electron chi connectivity index (χ0n) is 12.9. The molecule has 1 unspecified atom stereocenters. The van der Waals surface area contributed by atoms with Crippen LogP contribution in [0.5, 0.6) is 0 Å². The van der Waals surface area contributed by atoms with E-state index in [-0.39, 0.29) is 0 Å². The van der Waals surface area contributed by atoms with Crippen molar-refractivity contribution in [1.29, 1.82) is 0 Å². The summed E-state index contributed by atoms with van der Waals surface area (Å²) >= 11 is 7.86. The molecule has 1 saturated heterocycles. The molecule has 0 amide bonds. The summed E-state index contributed by atoms with van der Waals surface area (Å²) in [6.07, 6.45) is 4.60. The van der Waals surface area contributed by atoms with Crippen molar-refractivity contribution in [2.75, 3.05) is 25.0 Å². The average molecular weight is 351 g/mol. The molecule has 1 aliphatic rings. The molecule has 3 heterocycles. The standard InChI is InChI=1S/C15H19ClN6S/c1-17-15(20-9-13-18-6-8-23-13)21-11-4-7-22(10-11)14-12(16)3-2-5-19-14/h2-3,5-6,8,11H,4,7,9-10H2,1H3,(H2,17,20,21). The Balaban J connectivity index is 1.53.